The lowest BCUT2D eigenvalue weighted by Crippen LogP contribution is -2.49. The van der Waals surface area contributed by atoms with Crippen LogP contribution in [0.1, 0.15) is 6.92 Å². The number of aromatic nitrogens is 2. The highest BCUT2D eigenvalue weighted by molar-refractivity contribution is 6.03. The van der Waals surface area contributed by atoms with Gasteiger partial charge in [0.1, 0.15) is 11.7 Å². The van der Waals surface area contributed by atoms with Crippen LogP contribution in [-0.2, 0) is 4.79 Å². The number of phenolic OH excluding ortho intramolecular Hbond substituents is 1. The van der Waals surface area contributed by atoms with Crippen LogP contribution in [0.5, 0.6) is 5.75 Å². The molecule has 1 aliphatic heterocycles. The number of nitrogens with one attached hydrogen (secondary N) is 1. The van der Waals surface area contributed by atoms with E-state index in [1.54, 1.807) is 25.9 Å². The zero-order valence-corrected chi connectivity index (χ0v) is 13.2. The van der Waals surface area contributed by atoms with Crippen LogP contribution in [0.4, 0.5) is 31.9 Å². The van der Waals surface area contributed by atoms with Gasteiger partial charge in [0.05, 0.1) is 6.20 Å². The quantitative estimate of drug-likeness (QED) is 0.817. The van der Waals surface area contributed by atoms with Gasteiger partial charge in [-0.25, -0.2) is 13.8 Å². The van der Waals surface area contributed by atoms with Gasteiger partial charge in [0.2, 0.25) is 11.9 Å². The van der Waals surface area contributed by atoms with Crippen molar-refractivity contribution in [3.63, 3.8) is 0 Å². The molecule has 1 aromatic carbocycles. The highest BCUT2D eigenvalue weighted by Crippen LogP contribution is 2.33. The van der Waals surface area contributed by atoms with E-state index in [1.165, 1.54) is 11.1 Å². The lowest BCUT2D eigenvalue weighted by atomic mass is 10.2. The molecule has 0 aliphatic carbocycles. The van der Waals surface area contributed by atoms with E-state index >= 15 is 0 Å². The molecule has 2 N–H and O–H groups in total. The van der Waals surface area contributed by atoms with Gasteiger partial charge in [0, 0.05) is 31.9 Å². The monoisotopic (exact) mass is 335 g/mol. The summed E-state index contributed by atoms with van der Waals surface area (Å²) in [6.07, 6.45) is 1.46. The number of benzene rings is 1. The van der Waals surface area contributed by atoms with E-state index in [-0.39, 0.29) is 17.5 Å². The number of rotatable bonds is 2. The minimum absolute atomic E-state index is 0.0543. The van der Waals surface area contributed by atoms with Crippen molar-refractivity contribution in [2.45, 2.75) is 13.0 Å². The van der Waals surface area contributed by atoms with Gasteiger partial charge < -0.3 is 20.2 Å². The van der Waals surface area contributed by atoms with E-state index in [0.29, 0.717) is 11.5 Å². The highest BCUT2D eigenvalue weighted by atomic mass is 19.1. The first kappa shape index (κ1) is 15.9. The Morgan fingerprint density at radius 3 is 2.50 bits per heavy atom. The summed E-state index contributed by atoms with van der Waals surface area (Å²) in [6, 6.07) is 1.47. The summed E-state index contributed by atoms with van der Waals surface area (Å²) in [4.78, 5) is 23.6. The molecule has 1 amide bonds. The Balaban J connectivity index is 1.96. The largest absolute Gasteiger partial charge is 0.503 e. The molecule has 9 heteroatoms. The van der Waals surface area contributed by atoms with E-state index < -0.39 is 23.4 Å². The topological polar surface area (TPSA) is 81.6 Å². The van der Waals surface area contributed by atoms with Gasteiger partial charge in [-0.3, -0.25) is 4.79 Å². The number of aromatic hydroxyl groups is 1. The summed E-state index contributed by atoms with van der Waals surface area (Å²) < 4.78 is 26.8. The van der Waals surface area contributed by atoms with Gasteiger partial charge in [-0.2, -0.15) is 4.98 Å². The number of hydrogen-bond acceptors (Lipinski definition) is 6. The first-order chi connectivity index (χ1) is 11.3. The van der Waals surface area contributed by atoms with Gasteiger partial charge in [-0.1, -0.05) is 0 Å². The van der Waals surface area contributed by atoms with Crippen LogP contribution in [0.15, 0.2) is 18.3 Å². The molecule has 7 nitrogen and oxygen atoms in total. The third-order valence-corrected chi connectivity index (χ3v) is 3.99. The fourth-order valence-electron chi connectivity index (χ4n) is 2.44. The molecule has 0 saturated heterocycles. The Hall–Kier alpha value is -2.97. The third kappa shape index (κ3) is 2.47. The van der Waals surface area contributed by atoms with Gasteiger partial charge >= 0.3 is 0 Å². The third-order valence-electron chi connectivity index (χ3n) is 3.99. The predicted molar refractivity (Wildman–Crippen MR) is 84.6 cm³/mol. The van der Waals surface area contributed by atoms with Crippen molar-refractivity contribution in [1.82, 2.24) is 9.97 Å². The molecular weight excluding hydrogens is 320 g/mol. The van der Waals surface area contributed by atoms with E-state index in [9.17, 15) is 13.6 Å². The second kappa shape index (κ2) is 5.59. The number of carbonyl (C=O) groups excluding carboxylic acids is 1. The molecule has 1 aliphatic rings. The number of likely N-dealkylation sites (N-methyl/N-ethyl adjacent to an activating group) is 2. The molecule has 0 bridgehead atoms. The average molecular weight is 335 g/mol. The van der Waals surface area contributed by atoms with Crippen molar-refractivity contribution < 1.29 is 18.7 Å². The maximum absolute atomic E-state index is 13.4. The van der Waals surface area contributed by atoms with Crippen molar-refractivity contribution in [3.05, 3.63) is 30.0 Å². The summed E-state index contributed by atoms with van der Waals surface area (Å²) in [5.74, 6) is -2.68. The minimum atomic E-state index is -1.09. The number of phenols is 1. The fraction of sp³-hybridized carbons (Fsp3) is 0.267. The maximum Gasteiger partial charge on any atom is 0.249 e. The summed E-state index contributed by atoms with van der Waals surface area (Å²) in [5, 5.41) is 11.8. The summed E-state index contributed by atoms with van der Waals surface area (Å²) in [5.41, 5.74) is 0.591. The summed E-state index contributed by atoms with van der Waals surface area (Å²) >= 11 is 0. The van der Waals surface area contributed by atoms with Crippen LogP contribution in [-0.4, -0.2) is 41.1 Å². The first-order valence-corrected chi connectivity index (χ1v) is 7.12. The van der Waals surface area contributed by atoms with Gasteiger partial charge in [-0.05, 0) is 6.92 Å². The number of fused-ring (bicyclic) bond motifs is 1. The van der Waals surface area contributed by atoms with Crippen LogP contribution in [0, 0.1) is 11.6 Å². The number of halogens is 2. The highest BCUT2D eigenvalue weighted by Gasteiger charge is 2.33. The molecule has 126 valence electrons. The molecule has 3 rings (SSSR count). The first-order valence-electron chi connectivity index (χ1n) is 7.12. The molecule has 0 saturated carbocycles. The molecule has 24 heavy (non-hydrogen) atoms. The zero-order valence-electron chi connectivity index (χ0n) is 13.2. The minimum Gasteiger partial charge on any atom is -0.503 e. The Bertz CT molecular complexity index is 807. The lowest BCUT2D eigenvalue weighted by molar-refractivity contribution is -0.119. The molecule has 2 heterocycles. The SMILES string of the molecule is C[C@H]1C(=O)N(C)c2cnc(Nc3cc(F)c(O)c(F)c3)nc2N1C. The van der Waals surface area contributed by atoms with Crippen LogP contribution in [0.3, 0.4) is 0 Å². The Morgan fingerprint density at radius 2 is 1.88 bits per heavy atom. The summed E-state index contributed by atoms with van der Waals surface area (Å²) in [6.45, 7) is 1.75. The van der Waals surface area contributed by atoms with Crippen LogP contribution >= 0.6 is 0 Å². The zero-order chi connectivity index (χ0) is 17.6. The molecule has 0 fully saturated rings. The van der Waals surface area contributed by atoms with E-state index in [0.717, 1.165) is 12.1 Å². The molecule has 0 spiro atoms. The number of hydrogen-bond donors (Lipinski definition) is 2. The second-order valence-electron chi connectivity index (χ2n) is 5.50. The molecule has 1 aromatic heterocycles. The molecule has 0 radical (unpaired) electrons. The van der Waals surface area contributed by atoms with Crippen molar-refractivity contribution in [2.75, 3.05) is 29.2 Å². The molecule has 0 unspecified atom stereocenters. The predicted octanol–water partition coefficient (Wildman–Crippen LogP) is 2.01. The number of amides is 1. The Morgan fingerprint density at radius 1 is 1.25 bits per heavy atom. The average Bonchev–Trinajstić information content (AvgIpc) is 2.55. The van der Waals surface area contributed by atoms with E-state index in [2.05, 4.69) is 15.3 Å². The molecule has 1 atom stereocenters. The van der Waals surface area contributed by atoms with Crippen LogP contribution in [0.2, 0.25) is 0 Å². The van der Waals surface area contributed by atoms with E-state index in [4.69, 9.17) is 5.11 Å². The van der Waals surface area contributed by atoms with Crippen molar-refractivity contribution in [1.29, 1.82) is 0 Å². The molecule has 2 aromatic rings. The molecular formula is C15H15F2N5O2. The normalized spacial score (nSPS) is 17.0. The Labute approximate surface area is 136 Å². The standard InChI is InChI=1S/C15H15F2N5O2/c1-7-14(24)22(3)11-6-18-15(20-13(11)21(7)2)19-8-4-9(16)12(23)10(17)5-8/h4-7,23H,1-3H3,(H,18,19,20)/t7-/m0/s1. The maximum atomic E-state index is 13.4. The van der Waals surface area contributed by atoms with Crippen LogP contribution in [0.25, 0.3) is 0 Å². The van der Waals surface area contributed by atoms with Crippen LogP contribution < -0.4 is 15.1 Å². The number of carbonyl (C=O) groups is 1. The summed E-state index contributed by atoms with van der Waals surface area (Å²) in [7, 11) is 3.36. The van der Waals surface area contributed by atoms with Gasteiger partial charge in [0.15, 0.2) is 23.2 Å². The Kier molecular flexibility index (Phi) is 3.70. The smallest absolute Gasteiger partial charge is 0.249 e. The van der Waals surface area contributed by atoms with E-state index in [1.807, 2.05) is 0 Å². The van der Waals surface area contributed by atoms with Crippen molar-refractivity contribution in [2.24, 2.45) is 0 Å². The number of nitrogens with zero attached hydrogens (tertiary/aromatic N) is 4. The second-order valence-corrected chi connectivity index (χ2v) is 5.50. The van der Waals surface area contributed by atoms with Gasteiger partial charge in [-0.15, -0.1) is 0 Å². The van der Waals surface area contributed by atoms with Crippen molar-refractivity contribution >= 4 is 29.0 Å². The van der Waals surface area contributed by atoms with Gasteiger partial charge in [0.25, 0.3) is 0 Å². The lowest BCUT2D eigenvalue weighted by Gasteiger charge is -2.36. The number of anilines is 4. The van der Waals surface area contributed by atoms with Crippen molar-refractivity contribution in [3.8, 4) is 5.75 Å². The fourth-order valence-corrected chi connectivity index (χ4v) is 2.44.